The maximum Gasteiger partial charge on any atom is 0.332 e. The Kier molecular flexibility index (Phi) is 4.21. The number of nitrogens with one attached hydrogen (secondary N) is 1. The molecule has 2 N–H and O–H groups in total. The van der Waals surface area contributed by atoms with Gasteiger partial charge >= 0.3 is 5.97 Å². The van der Waals surface area contributed by atoms with Crippen LogP contribution in [0.2, 0.25) is 10.0 Å². The molecular weight excluding hydrogens is 249 g/mol. The lowest BCUT2D eigenvalue weighted by Crippen LogP contribution is -2.11. The van der Waals surface area contributed by atoms with Crippen molar-refractivity contribution in [3.8, 4) is 0 Å². The Labute approximate surface area is 104 Å². The largest absolute Gasteiger partial charge is 0.478 e. The second kappa shape index (κ2) is 5.23. The molecule has 0 aliphatic rings. The van der Waals surface area contributed by atoms with Crippen LogP contribution >= 0.6 is 23.2 Å². The van der Waals surface area contributed by atoms with E-state index >= 15 is 0 Å². The molecule has 0 fully saturated rings. The zero-order chi connectivity index (χ0) is 12.3. The van der Waals surface area contributed by atoms with Crippen LogP contribution in [0, 0.1) is 6.92 Å². The highest BCUT2D eigenvalue weighted by Gasteiger charge is 2.07. The van der Waals surface area contributed by atoms with E-state index in [1.54, 1.807) is 12.1 Å². The summed E-state index contributed by atoms with van der Waals surface area (Å²) in [5.74, 6) is -1.04. The molecule has 0 unspecified atom stereocenters. The minimum absolute atomic E-state index is 0.0627. The molecule has 0 amide bonds. The smallest absolute Gasteiger partial charge is 0.332 e. The van der Waals surface area contributed by atoms with Crippen molar-refractivity contribution in [2.75, 3.05) is 11.9 Å². The van der Waals surface area contributed by atoms with Crippen molar-refractivity contribution in [3.63, 3.8) is 0 Å². The third-order valence-corrected chi connectivity index (χ3v) is 2.76. The van der Waals surface area contributed by atoms with Crippen molar-refractivity contribution in [1.29, 1.82) is 0 Å². The number of anilines is 1. The first-order valence-corrected chi connectivity index (χ1v) is 5.28. The summed E-state index contributed by atoms with van der Waals surface area (Å²) >= 11 is 11.9. The summed E-state index contributed by atoms with van der Waals surface area (Å²) < 4.78 is 0. The van der Waals surface area contributed by atoms with Gasteiger partial charge in [0.1, 0.15) is 0 Å². The van der Waals surface area contributed by atoms with Crippen LogP contribution in [0.3, 0.4) is 0 Å². The zero-order valence-electron chi connectivity index (χ0n) is 8.68. The number of rotatable bonds is 4. The number of aryl methyl sites for hydroxylation is 1. The summed E-state index contributed by atoms with van der Waals surface area (Å²) in [6.07, 6.45) is 0. The molecule has 86 valence electrons. The summed E-state index contributed by atoms with van der Waals surface area (Å²) in [6.45, 7) is 5.36. The Balaban J connectivity index is 2.78. The predicted octanol–water partition coefficient (Wildman–Crippen LogP) is 3.35. The van der Waals surface area contributed by atoms with Crippen LogP contribution in [0.25, 0.3) is 0 Å². The Hall–Kier alpha value is -1.19. The number of benzene rings is 1. The summed E-state index contributed by atoms with van der Waals surface area (Å²) in [5, 5.41) is 12.6. The summed E-state index contributed by atoms with van der Waals surface area (Å²) in [6, 6.07) is 3.38. The SMILES string of the molecule is C=C(CNc1cc(Cl)c(C)cc1Cl)C(=O)O. The van der Waals surface area contributed by atoms with E-state index in [0.29, 0.717) is 15.7 Å². The molecule has 1 rings (SSSR count). The van der Waals surface area contributed by atoms with Gasteiger partial charge in [-0.25, -0.2) is 4.79 Å². The van der Waals surface area contributed by atoms with Gasteiger partial charge in [0.05, 0.1) is 10.7 Å². The molecule has 5 heteroatoms. The predicted molar refractivity (Wildman–Crippen MR) is 66.5 cm³/mol. The van der Waals surface area contributed by atoms with Crippen LogP contribution < -0.4 is 5.32 Å². The Bertz CT molecular complexity index is 444. The summed E-state index contributed by atoms with van der Waals surface area (Å²) in [7, 11) is 0. The average Bonchev–Trinajstić information content (AvgIpc) is 2.20. The Morgan fingerprint density at radius 3 is 2.62 bits per heavy atom. The normalized spacial score (nSPS) is 9.94. The molecule has 0 aliphatic heterocycles. The number of carboxylic acids is 1. The molecule has 0 radical (unpaired) electrons. The van der Waals surface area contributed by atoms with Gasteiger partial charge in [-0.3, -0.25) is 0 Å². The van der Waals surface area contributed by atoms with Gasteiger partial charge in [0, 0.05) is 17.1 Å². The second-order valence-corrected chi connectivity index (χ2v) is 4.16. The van der Waals surface area contributed by atoms with Crippen molar-refractivity contribution in [2.45, 2.75) is 6.92 Å². The first-order chi connectivity index (χ1) is 7.41. The fourth-order valence-electron chi connectivity index (χ4n) is 1.06. The van der Waals surface area contributed by atoms with Crippen molar-refractivity contribution in [2.24, 2.45) is 0 Å². The molecule has 0 aliphatic carbocycles. The molecular formula is C11H11Cl2NO2. The van der Waals surface area contributed by atoms with Gasteiger partial charge in [-0.15, -0.1) is 0 Å². The molecule has 0 heterocycles. The van der Waals surface area contributed by atoms with E-state index in [1.165, 1.54) is 0 Å². The van der Waals surface area contributed by atoms with Gasteiger partial charge in [0.2, 0.25) is 0 Å². The van der Waals surface area contributed by atoms with Crippen molar-refractivity contribution >= 4 is 34.9 Å². The standard InChI is InChI=1S/C11H11Cl2NO2/c1-6-3-9(13)10(4-8(6)12)14-5-7(2)11(15)16/h3-4,14H,2,5H2,1H3,(H,15,16). The minimum atomic E-state index is -1.04. The number of hydrogen-bond donors (Lipinski definition) is 2. The lowest BCUT2D eigenvalue weighted by molar-refractivity contribution is -0.132. The van der Waals surface area contributed by atoms with Crippen LogP contribution in [0.1, 0.15) is 5.56 Å². The molecule has 0 saturated carbocycles. The van der Waals surface area contributed by atoms with Crippen molar-refractivity contribution in [3.05, 3.63) is 39.9 Å². The molecule has 0 saturated heterocycles. The zero-order valence-corrected chi connectivity index (χ0v) is 10.2. The van der Waals surface area contributed by atoms with E-state index in [2.05, 4.69) is 11.9 Å². The summed E-state index contributed by atoms with van der Waals surface area (Å²) in [4.78, 5) is 10.5. The van der Waals surface area contributed by atoms with Crippen LogP contribution in [0.5, 0.6) is 0 Å². The molecule has 0 spiro atoms. The summed E-state index contributed by atoms with van der Waals surface area (Å²) in [5.41, 5.74) is 1.53. The lowest BCUT2D eigenvalue weighted by atomic mass is 10.2. The average molecular weight is 260 g/mol. The quantitative estimate of drug-likeness (QED) is 0.816. The third-order valence-electron chi connectivity index (χ3n) is 2.04. The molecule has 0 aromatic heterocycles. The lowest BCUT2D eigenvalue weighted by Gasteiger charge is -2.10. The first kappa shape index (κ1) is 12.9. The highest BCUT2D eigenvalue weighted by Crippen LogP contribution is 2.28. The van der Waals surface area contributed by atoms with Gasteiger partial charge in [-0.05, 0) is 24.6 Å². The van der Waals surface area contributed by atoms with Crippen LogP contribution in [-0.4, -0.2) is 17.6 Å². The fourth-order valence-corrected chi connectivity index (χ4v) is 1.51. The number of carbonyl (C=O) groups is 1. The van der Waals surface area contributed by atoms with Gasteiger partial charge in [0.25, 0.3) is 0 Å². The van der Waals surface area contributed by atoms with E-state index in [9.17, 15) is 4.79 Å². The number of aliphatic carboxylic acids is 1. The van der Waals surface area contributed by atoms with Crippen LogP contribution in [0.4, 0.5) is 5.69 Å². The van der Waals surface area contributed by atoms with Crippen molar-refractivity contribution in [1.82, 2.24) is 0 Å². The number of halogens is 2. The van der Waals surface area contributed by atoms with Crippen molar-refractivity contribution < 1.29 is 9.90 Å². The number of carboxylic acid groups (broad SMARTS) is 1. The molecule has 1 aromatic rings. The highest BCUT2D eigenvalue weighted by atomic mass is 35.5. The molecule has 0 bridgehead atoms. The maximum atomic E-state index is 10.5. The Morgan fingerprint density at radius 2 is 2.06 bits per heavy atom. The van der Waals surface area contributed by atoms with Gasteiger partial charge in [0.15, 0.2) is 0 Å². The van der Waals surface area contributed by atoms with Gasteiger partial charge in [-0.2, -0.15) is 0 Å². The van der Waals surface area contributed by atoms with E-state index in [1.807, 2.05) is 6.92 Å². The van der Waals surface area contributed by atoms with E-state index in [-0.39, 0.29) is 12.1 Å². The van der Waals surface area contributed by atoms with Gasteiger partial charge < -0.3 is 10.4 Å². The van der Waals surface area contributed by atoms with Gasteiger partial charge in [-0.1, -0.05) is 29.8 Å². The third kappa shape index (κ3) is 3.15. The monoisotopic (exact) mass is 259 g/mol. The number of hydrogen-bond acceptors (Lipinski definition) is 2. The molecule has 16 heavy (non-hydrogen) atoms. The molecule has 3 nitrogen and oxygen atoms in total. The highest BCUT2D eigenvalue weighted by molar-refractivity contribution is 6.35. The Morgan fingerprint density at radius 1 is 1.44 bits per heavy atom. The van der Waals surface area contributed by atoms with E-state index in [0.717, 1.165) is 5.56 Å². The van der Waals surface area contributed by atoms with Crippen LogP contribution in [-0.2, 0) is 4.79 Å². The topological polar surface area (TPSA) is 49.3 Å². The van der Waals surface area contributed by atoms with E-state index in [4.69, 9.17) is 28.3 Å². The fraction of sp³-hybridized carbons (Fsp3) is 0.182. The molecule has 1 aromatic carbocycles. The van der Waals surface area contributed by atoms with E-state index < -0.39 is 5.97 Å². The molecule has 0 atom stereocenters. The maximum absolute atomic E-state index is 10.5. The minimum Gasteiger partial charge on any atom is -0.478 e. The second-order valence-electron chi connectivity index (χ2n) is 3.34. The first-order valence-electron chi connectivity index (χ1n) is 4.52. The van der Waals surface area contributed by atoms with Crippen LogP contribution in [0.15, 0.2) is 24.3 Å².